The zero-order valence-electron chi connectivity index (χ0n) is 11.2. The third kappa shape index (κ3) is 2.88. The van der Waals surface area contributed by atoms with E-state index in [4.69, 9.17) is 10.3 Å². The molecule has 1 aromatic carbocycles. The van der Waals surface area contributed by atoms with E-state index in [1.807, 2.05) is 44.2 Å². The van der Waals surface area contributed by atoms with Crippen LogP contribution in [0.4, 0.5) is 0 Å². The van der Waals surface area contributed by atoms with Crippen LogP contribution in [0.5, 0.6) is 0 Å². The fourth-order valence-corrected chi connectivity index (χ4v) is 2.74. The second-order valence-electron chi connectivity index (χ2n) is 5.74. The lowest BCUT2D eigenvalue weighted by molar-refractivity contribution is -0.177. The van der Waals surface area contributed by atoms with E-state index >= 15 is 0 Å². The van der Waals surface area contributed by atoms with Gasteiger partial charge in [-0.3, -0.25) is 4.79 Å². The topological polar surface area (TPSA) is 75.1 Å². The molecule has 19 heavy (non-hydrogen) atoms. The second kappa shape index (κ2) is 4.94. The molecular formula is C14H17N3O2. The summed E-state index contributed by atoms with van der Waals surface area (Å²) in [6.07, 6.45) is 1.03. The lowest BCUT2D eigenvalue weighted by Crippen LogP contribution is -2.45. The highest BCUT2D eigenvalue weighted by Crippen LogP contribution is 2.44. The number of azide groups is 1. The maximum Gasteiger partial charge on any atom is 0.307 e. The Hall–Kier alpha value is -2.00. The van der Waals surface area contributed by atoms with Gasteiger partial charge in [-0.15, -0.1) is 0 Å². The largest absolute Gasteiger partial charge is 0.454 e. The summed E-state index contributed by atoms with van der Waals surface area (Å²) in [4.78, 5) is 14.7. The number of nitrogens with zero attached hydrogens (tertiary/aromatic N) is 3. The smallest absolute Gasteiger partial charge is 0.307 e. The molecule has 0 unspecified atom stereocenters. The first-order valence-electron chi connectivity index (χ1n) is 6.26. The van der Waals surface area contributed by atoms with Gasteiger partial charge in [0, 0.05) is 4.91 Å². The fraction of sp³-hybridized carbons (Fsp3) is 0.500. The Balaban J connectivity index is 2.45. The van der Waals surface area contributed by atoms with Crippen molar-refractivity contribution in [2.24, 2.45) is 10.5 Å². The molecule has 1 fully saturated rings. The van der Waals surface area contributed by atoms with Gasteiger partial charge in [0.05, 0.1) is 13.0 Å². The van der Waals surface area contributed by atoms with Crippen molar-refractivity contribution in [2.45, 2.75) is 32.3 Å². The van der Waals surface area contributed by atoms with Gasteiger partial charge < -0.3 is 4.74 Å². The Labute approximate surface area is 112 Å². The maximum atomic E-state index is 11.9. The van der Waals surface area contributed by atoms with E-state index in [0.717, 1.165) is 5.56 Å². The highest BCUT2D eigenvalue weighted by Gasteiger charge is 2.46. The van der Waals surface area contributed by atoms with Crippen molar-refractivity contribution in [1.29, 1.82) is 0 Å². The number of benzene rings is 1. The zero-order valence-corrected chi connectivity index (χ0v) is 11.2. The van der Waals surface area contributed by atoms with Crippen molar-refractivity contribution in [3.8, 4) is 0 Å². The second-order valence-corrected chi connectivity index (χ2v) is 5.74. The summed E-state index contributed by atoms with van der Waals surface area (Å²) >= 11 is 0. The highest BCUT2D eigenvalue weighted by molar-refractivity contribution is 5.72. The third-order valence-electron chi connectivity index (χ3n) is 3.39. The van der Waals surface area contributed by atoms with E-state index in [0.29, 0.717) is 12.8 Å². The molecule has 2 rings (SSSR count). The van der Waals surface area contributed by atoms with Crippen LogP contribution in [0.25, 0.3) is 10.4 Å². The molecule has 0 spiro atoms. The van der Waals surface area contributed by atoms with Gasteiger partial charge in [-0.2, -0.15) is 0 Å². The van der Waals surface area contributed by atoms with Gasteiger partial charge in [0.1, 0.15) is 5.60 Å². The molecule has 5 nitrogen and oxygen atoms in total. The molecule has 0 aromatic heterocycles. The van der Waals surface area contributed by atoms with Crippen LogP contribution < -0.4 is 0 Å². The van der Waals surface area contributed by atoms with E-state index in [-0.39, 0.29) is 17.9 Å². The van der Waals surface area contributed by atoms with Crippen LogP contribution in [-0.2, 0) is 15.1 Å². The summed E-state index contributed by atoms with van der Waals surface area (Å²) in [6.45, 7) is 4.19. The molecule has 5 heteroatoms. The molecule has 0 saturated carbocycles. The molecule has 0 aliphatic carbocycles. The van der Waals surface area contributed by atoms with Gasteiger partial charge in [-0.1, -0.05) is 49.3 Å². The summed E-state index contributed by atoms with van der Waals surface area (Å²) in [6, 6.07) is 9.49. The molecular weight excluding hydrogens is 242 g/mol. The lowest BCUT2D eigenvalue weighted by atomic mass is 9.73. The van der Waals surface area contributed by atoms with Crippen LogP contribution in [0.3, 0.4) is 0 Å². The number of hydrogen-bond acceptors (Lipinski definition) is 3. The first-order chi connectivity index (χ1) is 8.97. The van der Waals surface area contributed by atoms with Crippen LogP contribution >= 0.6 is 0 Å². The first-order valence-corrected chi connectivity index (χ1v) is 6.26. The van der Waals surface area contributed by atoms with Crippen molar-refractivity contribution >= 4 is 5.97 Å². The van der Waals surface area contributed by atoms with Crippen molar-refractivity contribution < 1.29 is 9.53 Å². The lowest BCUT2D eigenvalue weighted by Gasteiger charge is -2.43. The van der Waals surface area contributed by atoms with Gasteiger partial charge in [0.2, 0.25) is 0 Å². The van der Waals surface area contributed by atoms with Crippen LogP contribution in [0, 0.1) is 5.41 Å². The number of cyclic esters (lactones) is 1. The first kappa shape index (κ1) is 13.4. The van der Waals surface area contributed by atoms with Gasteiger partial charge in [-0.25, -0.2) is 0 Å². The van der Waals surface area contributed by atoms with Gasteiger partial charge in [-0.05, 0) is 22.9 Å². The molecule has 1 aliphatic heterocycles. The zero-order chi connectivity index (χ0) is 13.9. The number of carbonyl (C=O) groups is 1. The van der Waals surface area contributed by atoms with Crippen molar-refractivity contribution in [1.82, 2.24) is 0 Å². The van der Waals surface area contributed by atoms with E-state index in [1.54, 1.807) is 0 Å². The summed E-state index contributed by atoms with van der Waals surface area (Å²) in [5.41, 5.74) is 8.44. The van der Waals surface area contributed by atoms with E-state index < -0.39 is 5.60 Å². The monoisotopic (exact) mass is 259 g/mol. The normalized spacial score (nSPS) is 25.3. The Morgan fingerprint density at radius 1 is 1.37 bits per heavy atom. The number of carbonyl (C=O) groups excluding carboxylic acids is 1. The molecule has 100 valence electrons. The molecule has 0 bridgehead atoms. The van der Waals surface area contributed by atoms with E-state index in [2.05, 4.69) is 10.0 Å². The van der Waals surface area contributed by atoms with Crippen LogP contribution in [-0.4, -0.2) is 12.5 Å². The molecule has 1 aromatic rings. The average Bonchev–Trinajstić information content (AvgIpc) is 2.35. The maximum absolute atomic E-state index is 11.9. The quantitative estimate of drug-likeness (QED) is 0.360. The van der Waals surface area contributed by atoms with Crippen molar-refractivity contribution in [3.05, 3.63) is 46.3 Å². The van der Waals surface area contributed by atoms with Crippen LogP contribution in [0.2, 0.25) is 0 Å². The minimum absolute atomic E-state index is 0.128. The van der Waals surface area contributed by atoms with Gasteiger partial charge in [0.15, 0.2) is 0 Å². The third-order valence-corrected chi connectivity index (χ3v) is 3.39. The number of hydrogen-bond donors (Lipinski definition) is 0. The molecule has 1 aliphatic rings. The molecule has 1 atom stereocenters. The van der Waals surface area contributed by atoms with E-state index in [9.17, 15) is 4.79 Å². The molecule has 1 heterocycles. The molecule has 0 amide bonds. The summed E-state index contributed by atoms with van der Waals surface area (Å²) in [5, 5.41) is 3.65. The number of ether oxygens (including phenoxy) is 1. The van der Waals surface area contributed by atoms with Crippen molar-refractivity contribution in [3.63, 3.8) is 0 Å². The van der Waals surface area contributed by atoms with Crippen LogP contribution in [0.15, 0.2) is 35.4 Å². The molecule has 0 radical (unpaired) electrons. The minimum Gasteiger partial charge on any atom is -0.454 e. The number of esters is 1. The van der Waals surface area contributed by atoms with Gasteiger partial charge in [0.25, 0.3) is 0 Å². The summed E-state index contributed by atoms with van der Waals surface area (Å²) in [5.74, 6) is -0.242. The Morgan fingerprint density at radius 3 is 2.63 bits per heavy atom. The predicted octanol–water partition coefficient (Wildman–Crippen LogP) is 3.56. The molecule has 1 saturated heterocycles. The SMILES string of the molecule is CC1(C)CC(=O)O[C@](CN=[N+]=[N-])(c2ccccc2)C1. The summed E-state index contributed by atoms with van der Waals surface area (Å²) < 4.78 is 5.59. The molecule has 0 N–H and O–H groups in total. The van der Waals surface area contributed by atoms with Crippen LogP contribution in [0.1, 0.15) is 32.3 Å². The minimum atomic E-state index is -0.841. The number of rotatable bonds is 3. The summed E-state index contributed by atoms with van der Waals surface area (Å²) in [7, 11) is 0. The standard InChI is InChI=1S/C14H17N3O2/c1-13(2)8-12(18)19-14(9-13,10-16-17-15)11-6-4-3-5-7-11/h3-7H,8-10H2,1-2H3/t14-/m1/s1. The average molecular weight is 259 g/mol. The highest BCUT2D eigenvalue weighted by atomic mass is 16.6. The Kier molecular flexibility index (Phi) is 3.49. The predicted molar refractivity (Wildman–Crippen MR) is 71.2 cm³/mol. The Bertz CT molecular complexity index is 517. The van der Waals surface area contributed by atoms with E-state index in [1.165, 1.54) is 0 Å². The fourth-order valence-electron chi connectivity index (χ4n) is 2.74. The van der Waals surface area contributed by atoms with Crippen molar-refractivity contribution in [2.75, 3.05) is 6.54 Å². The van der Waals surface area contributed by atoms with Gasteiger partial charge >= 0.3 is 5.97 Å². The Morgan fingerprint density at radius 2 is 2.05 bits per heavy atom.